The Morgan fingerprint density at radius 1 is 1.00 bits per heavy atom. The van der Waals surface area contributed by atoms with E-state index in [2.05, 4.69) is 0 Å². The summed E-state index contributed by atoms with van der Waals surface area (Å²) in [5, 5.41) is 0. The summed E-state index contributed by atoms with van der Waals surface area (Å²) in [6.45, 7) is 7.36. The van der Waals surface area contributed by atoms with Crippen LogP contribution in [0.25, 0.3) is 11.3 Å². The first-order valence-electron chi connectivity index (χ1n) is 8.34. The van der Waals surface area contributed by atoms with Crippen molar-refractivity contribution in [3.05, 3.63) is 64.4 Å². The lowest BCUT2D eigenvalue weighted by atomic mass is 9.96. The molecule has 1 saturated heterocycles. The van der Waals surface area contributed by atoms with Crippen molar-refractivity contribution >= 4 is 17.5 Å². The summed E-state index contributed by atoms with van der Waals surface area (Å²) < 4.78 is 12.5. The standard InChI is InChI=1S/C21H21NO4/c1-12(2)17-18(21(24)26-20(17)23)14(4)16-11-13(3)22(19(16)25-5)15-9-7-6-8-10-15/h6-11H,1-5H3. The first kappa shape index (κ1) is 17.7. The lowest BCUT2D eigenvalue weighted by Gasteiger charge is -2.12. The second-order valence-corrected chi connectivity index (χ2v) is 6.43. The molecule has 1 aliphatic heterocycles. The number of carbonyl (C=O) groups is 2. The maximum absolute atomic E-state index is 12.3. The Balaban J connectivity index is 2.27. The van der Waals surface area contributed by atoms with Gasteiger partial charge in [0.25, 0.3) is 0 Å². The molecule has 0 N–H and O–H groups in total. The van der Waals surface area contributed by atoms with Crippen LogP contribution in [0, 0.1) is 6.92 Å². The lowest BCUT2D eigenvalue weighted by Crippen LogP contribution is -2.02. The van der Waals surface area contributed by atoms with E-state index < -0.39 is 11.9 Å². The van der Waals surface area contributed by atoms with E-state index in [0.717, 1.165) is 22.5 Å². The van der Waals surface area contributed by atoms with Gasteiger partial charge < -0.3 is 9.47 Å². The Kier molecular flexibility index (Phi) is 4.55. The monoisotopic (exact) mass is 351 g/mol. The van der Waals surface area contributed by atoms with Crippen molar-refractivity contribution in [3.63, 3.8) is 0 Å². The fourth-order valence-electron chi connectivity index (χ4n) is 3.30. The summed E-state index contributed by atoms with van der Waals surface area (Å²) in [4.78, 5) is 24.3. The molecule has 1 fully saturated rings. The summed E-state index contributed by atoms with van der Waals surface area (Å²) in [6, 6.07) is 11.8. The average Bonchev–Trinajstić information content (AvgIpc) is 3.10. The van der Waals surface area contributed by atoms with Gasteiger partial charge in [-0.3, -0.25) is 4.57 Å². The smallest absolute Gasteiger partial charge is 0.347 e. The van der Waals surface area contributed by atoms with E-state index in [-0.39, 0.29) is 0 Å². The first-order chi connectivity index (χ1) is 12.4. The quantitative estimate of drug-likeness (QED) is 0.477. The molecule has 2 aromatic rings. The maximum Gasteiger partial charge on any atom is 0.347 e. The molecular formula is C21H21NO4. The number of ether oxygens (including phenoxy) is 2. The highest BCUT2D eigenvalue weighted by Gasteiger charge is 2.37. The molecule has 0 amide bonds. The number of methoxy groups -OCH3 is 1. The van der Waals surface area contributed by atoms with Gasteiger partial charge in [-0.05, 0) is 51.5 Å². The molecule has 0 radical (unpaired) electrons. The van der Waals surface area contributed by atoms with Crippen molar-refractivity contribution in [2.75, 3.05) is 7.11 Å². The molecule has 1 aromatic heterocycles. The summed E-state index contributed by atoms with van der Waals surface area (Å²) >= 11 is 0. The minimum absolute atomic E-state index is 0.304. The number of aromatic nitrogens is 1. The minimum atomic E-state index is -0.615. The largest absolute Gasteiger partial charge is 0.481 e. The van der Waals surface area contributed by atoms with Crippen LogP contribution < -0.4 is 4.74 Å². The Bertz CT molecular complexity index is 957. The molecule has 1 aliphatic rings. The zero-order chi connectivity index (χ0) is 19.0. The SMILES string of the molecule is COc1c(C(C)=C2C(=O)OC(=O)C2=C(C)C)cc(C)n1-c1ccccc1. The molecule has 134 valence electrons. The molecule has 3 rings (SSSR count). The number of nitrogens with zero attached hydrogens (tertiary/aromatic N) is 1. The van der Waals surface area contributed by atoms with Crippen LogP contribution >= 0.6 is 0 Å². The third-order valence-electron chi connectivity index (χ3n) is 4.47. The highest BCUT2D eigenvalue weighted by Crippen LogP contribution is 2.38. The van der Waals surface area contributed by atoms with Crippen LogP contribution in [0.5, 0.6) is 5.88 Å². The number of aryl methyl sites for hydroxylation is 1. The number of benzene rings is 1. The Morgan fingerprint density at radius 2 is 1.62 bits per heavy atom. The summed E-state index contributed by atoms with van der Waals surface area (Å²) in [7, 11) is 1.59. The van der Waals surface area contributed by atoms with E-state index in [1.54, 1.807) is 21.0 Å². The lowest BCUT2D eigenvalue weighted by molar-refractivity contribution is -0.149. The maximum atomic E-state index is 12.3. The van der Waals surface area contributed by atoms with E-state index in [1.165, 1.54) is 0 Å². The van der Waals surface area contributed by atoms with Crippen molar-refractivity contribution in [2.45, 2.75) is 27.7 Å². The summed E-state index contributed by atoms with van der Waals surface area (Å²) in [6.07, 6.45) is 0. The van der Waals surface area contributed by atoms with Gasteiger partial charge in [-0.2, -0.15) is 0 Å². The number of rotatable bonds is 3. The van der Waals surface area contributed by atoms with Gasteiger partial charge in [-0.15, -0.1) is 0 Å². The van der Waals surface area contributed by atoms with Gasteiger partial charge in [0.15, 0.2) is 0 Å². The zero-order valence-electron chi connectivity index (χ0n) is 15.5. The Morgan fingerprint density at radius 3 is 2.19 bits per heavy atom. The van der Waals surface area contributed by atoms with Gasteiger partial charge in [0, 0.05) is 16.9 Å². The molecule has 1 aromatic carbocycles. The highest BCUT2D eigenvalue weighted by atomic mass is 16.6. The Hall–Kier alpha value is -3.08. The molecule has 0 spiro atoms. The number of allylic oxidation sites excluding steroid dienone is 2. The van der Waals surface area contributed by atoms with Crippen molar-refractivity contribution in [1.29, 1.82) is 0 Å². The predicted octanol–water partition coefficient (Wildman–Crippen LogP) is 3.99. The van der Waals surface area contributed by atoms with E-state index in [0.29, 0.717) is 22.6 Å². The van der Waals surface area contributed by atoms with Gasteiger partial charge in [-0.25, -0.2) is 9.59 Å². The van der Waals surface area contributed by atoms with Crippen LogP contribution in [0.1, 0.15) is 32.0 Å². The molecule has 0 aliphatic carbocycles. The molecule has 0 atom stereocenters. The van der Waals surface area contributed by atoms with Crippen molar-refractivity contribution in [2.24, 2.45) is 0 Å². The van der Waals surface area contributed by atoms with Crippen molar-refractivity contribution in [1.82, 2.24) is 4.57 Å². The fraction of sp³-hybridized carbons (Fsp3) is 0.238. The Labute approximate surface area is 152 Å². The van der Waals surface area contributed by atoms with Gasteiger partial charge in [0.1, 0.15) is 0 Å². The highest BCUT2D eigenvalue weighted by molar-refractivity contribution is 6.22. The second kappa shape index (κ2) is 6.67. The fourth-order valence-corrected chi connectivity index (χ4v) is 3.30. The topological polar surface area (TPSA) is 57.5 Å². The molecule has 0 bridgehead atoms. The van der Waals surface area contributed by atoms with E-state index >= 15 is 0 Å². The van der Waals surface area contributed by atoms with E-state index in [1.807, 2.05) is 54.8 Å². The molecule has 0 unspecified atom stereocenters. The van der Waals surface area contributed by atoms with Crippen LogP contribution in [0.4, 0.5) is 0 Å². The van der Waals surface area contributed by atoms with Crippen LogP contribution in [0.3, 0.4) is 0 Å². The third-order valence-corrected chi connectivity index (χ3v) is 4.47. The van der Waals surface area contributed by atoms with Gasteiger partial charge in [0.2, 0.25) is 5.88 Å². The van der Waals surface area contributed by atoms with Crippen LogP contribution in [0.2, 0.25) is 0 Å². The van der Waals surface area contributed by atoms with Gasteiger partial charge in [-0.1, -0.05) is 23.8 Å². The van der Waals surface area contributed by atoms with E-state index in [4.69, 9.17) is 9.47 Å². The minimum Gasteiger partial charge on any atom is -0.481 e. The summed E-state index contributed by atoms with van der Waals surface area (Å²) in [5.74, 6) is -0.600. The third kappa shape index (κ3) is 2.75. The molecule has 5 heteroatoms. The molecule has 5 nitrogen and oxygen atoms in total. The number of para-hydroxylation sites is 1. The zero-order valence-corrected chi connectivity index (χ0v) is 15.5. The molecule has 26 heavy (non-hydrogen) atoms. The molecular weight excluding hydrogens is 330 g/mol. The van der Waals surface area contributed by atoms with Crippen molar-refractivity contribution in [3.8, 4) is 11.6 Å². The van der Waals surface area contributed by atoms with Crippen LogP contribution in [-0.2, 0) is 14.3 Å². The average molecular weight is 351 g/mol. The number of esters is 2. The van der Waals surface area contributed by atoms with E-state index in [9.17, 15) is 9.59 Å². The van der Waals surface area contributed by atoms with Crippen LogP contribution in [0.15, 0.2) is 53.1 Å². The predicted molar refractivity (Wildman–Crippen MR) is 99.1 cm³/mol. The molecule has 2 heterocycles. The second-order valence-electron chi connectivity index (χ2n) is 6.43. The summed E-state index contributed by atoms with van der Waals surface area (Å²) in [5.41, 5.74) is 4.71. The number of hydrogen-bond acceptors (Lipinski definition) is 4. The molecule has 0 saturated carbocycles. The van der Waals surface area contributed by atoms with Crippen molar-refractivity contribution < 1.29 is 19.1 Å². The first-order valence-corrected chi connectivity index (χ1v) is 8.34. The normalized spacial score (nSPS) is 16.0. The van der Waals surface area contributed by atoms with Gasteiger partial charge >= 0.3 is 11.9 Å². The van der Waals surface area contributed by atoms with Crippen LogP contribution in [-0.4, -0.2) is 23.6 Å². The number of cyclic esters (lactones) is 2. The van der Waals surface area contributed by atoms with Gasteiger partial charge in [0.05, 0.1) is 18.3 Å². The number of carbonyl (C=O) groups excluding carboxylic acids is 2. The number of hydrogen-bond donors (Lipinski definition) is 0.